The van der Waals surface area contributed by atoms with Crippen LogP contribution in [0.1, 0.15) is 117 Å². The molecule has 1 rings (SSSR count). The largest absolute Gasteiger partial charge is 0.286 e. The molecular formula is C22H47N3. The second-order valence-corrected chi connectivity index (χ2v) is 8.14. The normalized spacial score (nSPS) is 19.1. The number of nitrogens with zero attached hydrogens (tertiary/aromatic N) is 2. The van der Waals surface area contributed by atoms with Crippen molar-refractivity contribution in [1.29, 1.82) is 0 Å². The molecule has 3 nitrogen and oxygen atoms in total. The molecule has 1 aliphatic rings. The van der Waals surface area contributed by atoms with E-state index >= 15 is 0 Å². The summed E-state index contributed by atoms with van der Waals surface area (Å²) in [5.74, 6) is 6.15. The first kappa shape index (κ1) is 22.9. The molecule has 1 atom stereocenters. The minimum atomic E-state index is 0.511. The van der Waals surface area contributed by atoms with Gasteiger partial charge < -0.3 is 0 Å². The van der Waals surface area contributed by atoms with Crippen molar-refractivity contribution >= 4 is 0 Å². The van der Waals surface area contributed by atoms with Crippen molar-refractivity contribution in [3.05, 3.63) is 0 Å². The van der Waals surface area contributed by atoms with Crippen LogP contribution >= 0.6 is 0 Å². The van der Waals surface area contributed by atoms with Gasteiger partial charge in [-0.25, -0.2) is 5.01 Å². The van der Waals surface area contributed by atoms with Gasteiger partial charge in [-0.15, -0.1) is 0 Å². The Kier molecular flexibility index (Phi) is 14.7. The lowest BCUT2D eigenvalue weighted by molar-refractivity contribution is 0.125. The summed E-state index contributed by atoms with van der Waals surface area (Å²) < 4.78 is 0. The molecular weight excluding hydrogens is 306 g/mol. The summed E-state index contributed by atoms with van der Waals surface area (Å²) in [7, 11) is 0. The smallest absolute Gasteiger partial charge is 0.0756 e. The number of hydrazine groups is 1. The Morgan fingerprint density at radius 2 is 1.12 bits per heavy atom. The Morgan fingerprint density at radius 1 is 0.640 bits per heavy atom. The molecule has 1 fully saturated rings. The molecule has 0 aromatic carbocycles. The summed E-state index contributed by atoms with van der Waals surface area (Å²) in [6.45, 7) is 7.97. The van der Waals surface area contributed by atoms with Crippen LogP contribution in [-0.2, 0) is 0 Å². The number of hydrogen-bond acceptors (Lipinski definition) is 3. The van der Waals surface area contributed by atoms with Gasteiger partial charge in [0, 0.05) is 13.1 Å². The molecule has 0 aromatic heterocycles. The maximum absolute atomic E-state index is 6.15. The van der Waals surface area contributed by atoms with Crippen LogP contribution in [0, 0.1) is 0 Å². The lowest BCUT2D eigenvalue weighted by atomic mass is 10.0. The number of unbranched alkanes of at least 4 members (excludes halogenated alkanes) is 13. The van der Waals surface area contributed by atoms with Crippen molar-refractivity contribution < 1.29 is 0 Å². The van der Waals surface area contributed by atoms with Crippen LogP contribution in [0.5, 0.6) is 0 Å². The summed E-state index contributed by atoms with van der Waals surface area (Å²) in [6, 6.07) is 0. The zero-order chi connectivity index (χ0) is 18.2. The minimum absolute atomic E-state index is 0.511. The molecule has 1 unspecified atom stereocenters. The molecule has 0 bridgehead atoms. The minimum Gasteiger partial charge on any atom is -0.286 e. The first-order chi connectivity index (χ1) is 12.3. The van der Waals surface area contributed by atoms with E-state index in [0.717, 1.165) is 13.1 Å². The van der Waals surface area contributed by atoms with Crippen molar-refractivity contribution in [3.63, 3.8) is 0 Å². The molecule has 0 radical (unpaired) electrons. The van der Waals surface area contributed by atoms with Crippen molar-refractivity contribution in [1.82, 2.24) is 9.91 Å². The van der Waals surface area contributed by atoms with Crippen LogP contribution in [0.3, 0.4) is 0 Å². The number of rotatable bonds is 17. The molecule has 25 heavy (non-hydrogen) atoms. The standard InChI is InChI=1S/C22H47N3/c1-3-5-6-7-8-9-10-11-12-13-14-15-16-17-18-22-24(19-4-2)20-21-25(22)23/h22H,3-21,23H2,1-2H3. The first-order valence-electron chi connectivity index (χ1n) is 11.5. The quantitative estimate of drug-likeness (QED) is 0.254. The molecule has 0 spiro atoms. The van der Waals surface area contributed by atoms with E-state index in [1.54, 1.807) is 0 Å². The second kappa shape index (κ2) is 16.1. The fourth-order valence-corrected chi connectivity index (χ4v) is 4.17. The zero-order valence-corrected chi connectivity index (χ0v) is 17.5. The van der Waals surface area contributed by atoms with E-state index in [1.807, 2.05) is 0 Å². The van der Waals surface area contributed by atoms with Crippen LogP contribution in [-0.4, -0.2) is 35.7 Å². The van der Waals surface area contributed by atoms with E-state index in [1.165, 1.54) is 109 Å². The van der Waals surface area contributed by atoms with Gasteiger partial charge >= 0.3 is 0 Å². The number of hydrogen-bond donors (Lipinski definition) is 1. The van der Waals surface area contributed by atoms with Gasteiger partial charge in [-0.05, 0) is 19.4 Å². The Labute approximate surface area is 158 Å². The molecule has 1 heterocycles. The molecule has 0 amide bonds. The zero-order valence-electron chi connectivity index (χ0n) is 17.5. The Bertz CT molecular complexity index is 280. The van der Waals surface area contributed by atoms with E-state index in [9.17, 15) is 0 Å². The van der Waals surface area contributed by atoms with Gasteiger partial charge in [0.05, 0.1) is 6.17 Å². The second-order valence-electron chi connectivity index (χ2n) is 8.14. The van der Waals surface area contributed by atoms with Crippen molar-refractivity contribution in [2.24, 2.45) is 5.84 Å². The van der Waals surface area contributed by atoms with Gasteiger partial charge in [0.15, 0.2) is 0 Å². The van der Waals surface area contributed by atoms with Crippen molar-refractivity contribution in [2.75, 3.05) is 19.6 Å². The Morgan fingerprint density at radius 3 is 1.60 bits per heavy atom. The Hall–Kier alpha value is -0.120. The van der Waals surface area contributed by atoms with E-state index in [0.29, 0.717) is 6.17 Å². The Balaban J connectivity index is 1.83. The summed E-state index contributed by atoms with van der Waals surface area (Å²) >= 11 is 0. The molecule has 0 aromatic rings. The predicted molar refractivity (Wildman–Crippen MR) is 111 cm³/mol. The molecule has 3 heteroatoms. The monoisotopic (exact) mass is 353 g/mol. The SMILES string of the molecule is CCCCCCCCCCCCCCCCC1N(N)CCN1CCC. The molecule has 150 valence electrons. The number of nitrogens with two attached hydrogens (primary N) is 1. The summed E-state index contributed by atoms with van der Waals surface area (Å²) in [5, 5.41) is 2.07. The van der Waals surface area contributed by atoms with E-state index < -0.39 is 0 Å². The van der Waals surface area contributed by atoms with Crippen LogP contribution in [0.2, 0.25) is 0 Å². The van der Waals surface area contributed by atoms with E-state index in [-0.39, 0.29) is 0 Å². The maximum Gasteiger partial charge on any atom is 0.0756 e. The third-order valence-corrected chi connectivity index (χ3v) is 5.78. The van der Waals surface area contributed by atoms with Crippen LogP contribution < -0.4 is 5.84 Å². The third-order valence-electron chi connectivity index (χ3n) is 5.78. The molecule has 2 N–H and O–H groups in total. The first-order valence-corrected chi connectivity index (χ1v) is 11.5. The summed E-state index contributed by atoms with van der Waals surface area (Å²) in [6.07, 6.45) is 23.1. The highest BCUT2D eigenvalue weighted by atomic mass is 15.5. The van der Waals surface area contributed by atoms with Crippen molar-refractivity contribution in [3.8, 4) is 0 Å². The summed E-state index contributed by atoms with van der Waals surface area (Å²) in [4.78, 5) is 2.57. The third kappa shape index (κ3) is 11.2. The van der Waals surface area contributed by atoms with Crippen LogP contribution in [0.15, 0.2) is 0 Å². The highest BCUT2D eigenvalue weighted by Gasteiger charge is 2.28. The van der Waals surface area contributed by atoms with Gasteiger partial charge in [-0.3, -0.25) is 10.7 Å². The van der Waals surface area contributed by atoms with Gasteiger partial charge in [0.2, 0.25) is 0 Å². The molecule has 1 saturated heterocycles. The highest BCUT2D eigenvalue weighted by molar-refractivity contribution is 4.78. The highest BCUT2D eigenvalue weighted by Crippen LogP contribution is 2.19. The van der Waals surface area contributed by atoms with Crippen molar-refractivity contribution in [2.45, 2.75) is 123 Å². The molecule has 0 saturated carbocycles. The predicted octanol–water partition coefficient (Wildman–Crippen LogP) is 6.09. The average Bonchev–Trinajstić information content (AvgIpc) is 2.95. The average molecular weight is 354 g/mol. The molecule has 1 aliphatic heterocycles. The van der Waals surface area contributed by atoms with Crippen LogP contribution in [0.25, 0.3) is 0 Å². The lowest BCUT2D eigenvalue weighted by Gasteiger charge is -2.27. The maximum atomic E-state index is 6.15. The van der Waals surface area contributed by atoms with Gasteiger partial charge in [0.1, 0.15) is 0 Å². The van der Waals surface area contributed by atoms with Gasteiger partial charge in [0.25, 0.3) is 0 Å². The van der Waals surface area contributed by atoms with E-state index in [2.05, 4.69) is 23.8 Å². The fraction of sp³-hybridized carbons (Fsp3) is 1.00. The fourth-order valence-electron chi connectivity index (χ4n) is 4.17. The van der Waals surface area contributed by atoms with Gasteiger partial charge in [-0.2, -0.15) is 0 Å². The van der Waals surface area contributed by atoms with Gasteiger partial charge in [-0.1, -0.05) is 104 Å². The molecule has 0 aliphatic carbocycles. The lowest BCUT2D eigenvalue weighted by Crippen LogP contribution is -2.42. The topological polar surface area (TPSA) is 32.5 Å². The summed E-state index contributed by atoms with van der Waals surface area (Å²) in [5.41, 5.74) is 0. The van der Waals surface area contributed by atoms with Crippen LogP contribution in [0.4, 0.5) is 0 Å². The van der Waals surface area contributed by atoms with E-state index in [4.69, 9.17) is 5.84 Å².